The molecule has 0 heterocycles. The lowest BCUT2D eigenvalue weighted by Crippen LogP contribution is -2.15. The highest BCUT2D eigenvalue weighted by Crippen LogP contribution is 2.15. The number of carbonyl (C=O) groups excluding carboxylic acids is 2. The van der Waals surface area contributed by atoms with E-state index in [-0.39, 0.29) is 11.1 Å². The summed E-state index contributed by atoms with van der Waals surface area (Å²) >= 11 is 0. The van der Waals surface area contributed by atoms with Crippen LogP contribution in [0.3, 0.4) is 0 Å². The van der Waals surface area contributed by atoms with Gasteiger partial charge in [-0.3, -0.25) is 0 Å². The number of ether oxygens (including phenoxy) is 2. The van der Waals surface area contributed by atoms with Gasteiger partial charge in [0, 0.05) is 0 Å². The Morgan fingerprint density at radius 3 is 1.41 bits per heavy atom. The molecule has 0 unspecified atom stereocenters. The molecule has 194 valence electrons. The number of hydrogen-bond donors (Lipinski definition) is 0. The fourth-order valence-corrected chi connectivity index (χ4v) is 4.02. The predicted molar refractivity (Wildman–Crippen MR) is 141 cm³/mol. The topological polar surface area (TPSA) is 52.6 Å². The molecule has 0 radical (unpaired) electrons. The third kappa shape index (κ3) is 15.1. The molecule has 0 fully saturated rings. The van der Waals surface area contributed by atoms with Crippen molar-refractivity contribution >= 4 is 11.9 Å². The highest BCUT2D eigenvalue weighted by molar-refractivity contribution is 6.03. The SMILES string of the molecule is CCCCCCCCCCCCCCCCCOC(=O)c1ccccc1C(=O)OCCC(C)C. The summed E-state index contributed by atoms with van der Waals surface area (Å²) in [4.78, 5) is 24.8. The molecule has 0 atom stereocenters. The lowest BCUT2D eigenvalue weighted by atomic mass is 10.0. The Morgan fingerprint density at radius 1 is 0.618 bits per heavy atom. The summed E-state index contributed by atoms with van der Waals surface area (Å²) in [6.45, 7) is 7.19. The molecule has 0 amide bonds. The van der Waals surface area contributed by atoms with Crippen LogP contribution in [-0.4, -0.2) is 25.2 Å². The molecule has 0 saturated heterocycles. The van der Waals surface area contributed by atoms with Crippen LogP contribution < -0.4 is 0 Å². The Kier molecular flexibility index (Phi) is 18.2. The van der Waals surface area contributed by atoms with Crippen molar-refractivity contribution in [2.45, 2.75) is 124 Å². The molecule has 0 bridgehead atoms. The Morgan fingerprint density at radius 2 is 1.00 bits per heavy atom. The van der Waals surface area contributed by atoms with Crippen LogP contribution in [0.1, 0.15) is 144 Å². The minimum Gasteiger partial charge on any atom is -0.462 e. The maximum absolute atomic E-state index is 12.5. The minimum absolute atomic E-state index is 0.285. The van der Waals surface area contributed by atoms with E-state index in [1.54, 1.807) is 24.3 Å². The third-order valence-corrected chi connectivity index (χ3v) is 6.28. The minimum atomic E-state index is -0.458. The van der Waals surface area contributed by atoms with Crippen molar-refractivity contribution < 1.29 is 19.1 Å². The molecule has 0 N–H and O–H groups in total. The zero-order valence-electron chi connectivity index (χ0n) is 22.2. The third-order valence-electron chi connectivity index (χ3n) is 6.28. The average Bonchev–Trinajstić information content (AvgIpc) is 2.83. The maximum atomic E-state index is 12.5. The number of esters is 2. The molecule has 0 aliphatic heterocycles. The first kappa shape index (κ1) is 30.2. The molecule has 1 aromatic rings. The summed E-state index contributed by atoms with van der Waals surface area (Å²) in [7, 11) is 0. The highest BCUT2D eigenvalue weighted by atomic mass is 16.5. The first-order chi connectivity index (χ1) is 16.6. The molecule has 1 rings (SSSR count). The number of hydrogen-bond acceptors (Lipinski definition) is 4. The summed E-state index contributed by atoms with van der Waals surface area (Å²) in [5.41, 5.74) is 0.575. The molecule has 1 aromatic carbocycles. The molecule has 0 aliphatic rings. The molecule has 0 aromatic heterocycles. The Labute approximate surface area is 209 Å². The van der Waals surface area contributed by atoms with Crippen molar-refractivity contribution in [1.29, 1.82) is 0 Å². The van der Waals surface area contributed by atoms with Gasteiger partial charge in [0.1, 0.15) is 0 Å². The van der Waals surface area contributed by atoms with Crippen molar-refractivity contribution in [3.05, 3.63) is 35.4 Å². The van der Waals surface area contributed by atoms with E-state index in [1.807, 2.05) is 0 Å². The van der Waals surface area contributed by atoms with Crippen molar-refractivity contribution in [2.24, 2.45) is 5.92 Å². The second-order valence-electron chi connectivity index (χ2n) is 9.95. The smallest absolute Gasteiger partial charge is 0.339 e. The zero-order chi connectivity index (χ0) is 24.9. The Hall–Kier alpha value is -1.84. The van der Waals surface area contributed by atoms with E-state index >= 15 is 0 Å². The fraction of sp³-hybridized carbons (Fsp3) is 0.733. The number of rotatable bonds is 21. The summed E-state index contributed by atoms with van der Waals surface area (Å²) in [6.07, 6.45) is 20.4. The van der Waals surface area contributed by atoms with E-state index in [0.29, 0.717) is 19.1 Å². The second-order valence-corrected chi connectivity index (χ2v) is 9.95. The van der Waals surface area contributed by atoms with Gasteiger partial charge < -0.3 is 9.47 Å². The van der Waals surface area contributed by atoms with Gasteiger partial charge >= 0.3 is 11.9 Å². The maximum Gasteiger partial charge on any atom is 0.339 e. The zero-order valence-corrected chi connectivity index (χ0v) is 22.2. The Bertz CT molecular complexity index is 653. The first-order valence-electron chi connectivity index (χ1n) is 14.0. The van der Waals surface area contributed by atoms with E-state index in [1.165, 1.54) is 83.5 Å². The Balaban J connectivity index is 2.06. The lowest BCUT2D eigenvalue weighted by molar-refractivity contribution is 0.0445. The summed E-state index contributed by atoms with van der Waals surface area (Å²) in [6, 6.07) is 6.75. The molecule has 4 heteroatoms. The van der Waals surface area contributed by atoms with Gasteiger partial charge in [-0.25, -0.2) is 9.59 Å². The molecule has 0 saturated carbocycles. The molecular formula is C30H50O4. The van der Waals surface area contributed by atoms with Crippen LogP contribution in [0.25, 0.3) is 0 Å². The van der Waals surface area contributed by atoms with Crippen LogP contribution in [0.4, 0.5) is 0 Å². The van der Waals surface area contributed by atoms with Crippen LogP contribution in [0.15, 0.2) is 24.3 Å². The predicted octanol–water partition coefficient (Wildman–Crippen LogP) is 8.92. The normalized spacial score (nSPS) is 11.1. The van der Waals surface area contributed by atoms with Gasteiger partial charge in [-0.15, -0.1) is 0 Å². The molecule has 0 spiro atoms. The molecule has 34 heavy (non-hydrogen) atoms. The largest absolute Gasteiger partial charge is 0.462 e. The number of unbranched alkanes of at least 4 members (excludes halogenated alkanes) is 14. The quantitative estimate of drug-likeness (QED) is 0.132. The number of benzene rings is 1. The molecular weight excluding hydrogens is 424 g/mol. The van der Waals surface area contributed by atoms with E-state index in [0.717, 1.165) is 19.3 Å². The molecule has 0 aliphatic carbocycles. The van der Waals surface area contributed by atoms with Crippen LogP contribution in [0.2, 0.25) is 0 Å². The van der Waals surface area contributed by atoms with Crippen LogP contribution >= 0.6 is 0 Å². The van der Waals surface area contributed by atoms with Crippen molar-refractivity contribution in [3.8, 4) is 0 Å². The van der Waals surface area contributed by atoms with Gasteiger partial charge in [0.15, 0.2) is 0 Å². The van der Waals surface area contributed by atoms with E-state index in [9.17, 15) is 9.59 Å². The highest BCUT2D eigenvalue weighted by Gasteiger charge is 2.18. The van der Waals surface area contributed by atoms with Gasteiger partial charge in [0.05, 0.1) is 24.3 Å². The van der Waals surface area contributed by atoms with E-state index < -0.39 is 11.9 Å². The summed E-state index contributed by atoms with van der Waals surface area (Å²) < 4.78 is 10.7. The van der Waals surface area contributed by atoms with Crippen molar-refractivity contribution in [3.63, 3.8) is 0 Å². The van der Waals surface area contributed by atoms with Gasteiger partial charge in [-0.1, -0.05) is 123 Å². The first-order valence-corrected chi connectivity index (χ1v) is 14.0. The fourth-order valence-electron chi connectivity index (χ4n) is 4.02. The lowest BCUT2D eigenvalue weighted by Gasteiger charge is -2.10. The van der Waals surface area contributed by atoms with E-state index in [2.05, 4.69) is 20.8 Å². The molecule has 4 nitrogen and oxygen atoms in total. The van der Waals surface area contributed by atoms with Gasteiger partial charge in [0.2, 0.25) is 0 Å². The van der Waals surface area contributed by atoms with Crippen LogP contribution in [0, 0.1) is 5.92 Å². The monoisotopic (exact) mass is 474 g/mol. The van der Waals surface area contributed by atoms with Crippen molar-refractivity contribution in [1.82, 2.24) is 0 Å². The summed E-state index contributed by atoms with van der Waals surface area (Å²) in [5.74, 6) is -0.440. The van der Waals surface area contributed by atoms with Gasteiger partial charge in [-0.2, -0.15) is 0 Å². The standard InChI is InChI=1S/C30H50O4/c1-4-5-6-7-8-9-10-11-12-13-14-15-16-17-20-24-33-29(31)27-21-18-19-22-28(27)30(32)34-25-23-26(2)3/h18-19,21-22,26H,4-17,20,23-25H2,1-3H3. The second kappa shape index (κ2) is 20.5. The van der Waals surface area contributed by atoms with E-state index in [4.69, 9.17) is 9.47 Å². The van der Waals surface area contributed by atoms with Gasteiger partial charge in [0.25, 0.3) is 0 Å². The average molecular weight is 475 g/mol. The van der Waals surface area contributed by atoms with Crippen molar-refractivity contribution in [2.75, 3.05) is 13.2 Å². The number of carbonyl (C=O) groups is 2. The van der Waals surface area contributed by atoms with Crippen LogP contribution in [-0.2, 0) is 9.47 Å². The van der Waals surface area contributed by atoms with Gasteiger partial charge in [-0.05, 0) is 30.9 Å². The summed E-state index contributed by atoms with van der Waals surface area (Å²) in [5, 5.41) is 0. The van der Waals surface area contributed by atoms with Crippen LogP contribution in [0.5, 0.6) is 0 Å².